The number of hydrogen-bond donors (Lipinski definition) is 0. The van der Waals surface area contributed by atoms with Crippen molar-refractivity contribution >= 4 is 13.4 Å². The zero-order valence-corrected chi connectivity index (χ0v) is 9.87. The Morgan fingerprint density at radius 2 is 2.00 bits per heavy atom. The molecule has 4 nitrogen and oxygen atoms in total. The van der Waals surface area contributed by atoms with Crippen LogP contribution in [0.25, 0.3) is 0 Å². The van der Waals surface area contributed by atoms with Crippen molar-refractivity contribution in [3.05, 3.63) is 35.6 Å². The highest BCUT2D eigenvalue weighted by atomic mass is 31.2. The summed E-state index contributed by atoms with van der Waals surface area (Å²) in [4.78, 5) is 11.6. The first-order valence-electron chi connectivity index (χ1n) is 4.50. The second-order valence-electron chi connectivity index (χ2n) is 3.07. The fraction of sp³-hybridized carbons (Fsp3) is 0.300. The van der Waals surface area contributed by atoms with E-state index in [2.05, 4.69) is 9.05 Å². The molecule has 6 heteroatoms. The maximum atomic E-state index is 12.8. The Bertz CT molecular complexity index is 425. The van der Waals surface area contributed by atoms with Gasteiger partial charge in [0.05, 0.1) is 0 Å². The molecule has 1 aromatic carbocycles. The SMILES string of the molecule is COP(=O)(CC(=O)c1cccc(F)c1)OC. The Balaban J connectivity index is 2.84. The quantitative estimate of drug-likeness (QED) is 0.591. The molecular weight excluding hydrogens is 234 g/mol. The first kappa shape index (κ1) is 13.0. The van der Waals surface area contributed by atoms with Crippen molar-refractivity contribution in [2.45, 2.75) is 0 Å². The molecular formula is C10H12FO4P. The molecule has 0 N–H and O–H groups in total. The van der Waals surface area contributed by atoms with Gasteiger partial charge in [-0.05, 0) is 12.1 Å². The van der Waals surface area contributed by atoms with Crippen molar-refractivity contribution in [1.29, 1.82) is 0 Å². The van der Waals surface area contributed by atoms with E-state index in [0.717, 1.165) is 6.07 Å². The maximum Gasteiger partial charge on any atom is 0.337 e. The molecule has 0 atom stereocenters. The predicted octanol–water partition coefficient (Wildman–Crippen LogP) is 2.49. The number of hydrogen-bond acceptors (Lipinski definition) is 4. The van der Waals surface area contributed by atoms with Gasteiger partial charge >= 0.3 is 7.60 Å². The number of carbonyl (C=O) groups is 1. The number of ketones is 1. The first-order chi connectivity index (χ1) is 7.50. The third kappa shape index (κ3) is 3.23. The van der Waals surface area contributed by atoms with E-state index >= 15 is 0 Å². The van der Waals surface area contributed by atoms with Gasteiger partial charge in [0.2, 0.25) is 0 Å². The Labute approximate surface area is 92.9 Å². The Hall–Kier alpha value is -1.03. The third-order valence-electron chi connectivity index (χ3n) is 2.04. The summed E-state index contributed by atoms with van der Waals surface area (Å²) in [5.74, 6) is -0.998. The second kappa shape index (κ2) is 5.34. The van der Waals surface area contributed by atoms with Crippen molar-refractivity contribution in [2.75, 3.05) is 20.4 Å². The van der Waals surface area contributed by atoms with Gasteiger partial charge in [-0.1, -0.05) is 12.1 Å². The van der Waals surface area contributed by atoms with Crippen molar-refractivity contribution < 1.29 is 22.8 Å². The van der Waals surface area contributed by atoms with Crippen LogP contribution in [-0.4, -0.2) is 26.2 Å². The summed E-state index contributed by atoms with van der Waals surface area (Å²) in [5.41, 5.74) is 0.148. The zero-order chi connectivity index (χ0) is 12.2. The average Bonchev–Trinajstić information content (AvgIpc) is 2.29. The summed E-state index contributed by atoms with van der Waals surface area (Å²) < 4.78 is 33.8. The minimum absolute atomic E-state index is 0.148. The molecule has 0 bridgehead atoms. The van der Waals surface area contributed by atoms with Gasteiger partial charge in [0.1, 0.15) is 12.0 Å². The van der Waals surface area contributed by atoms with Crippen molar-refractivity contribution in [3.8, 4) is 0 Å². The lowest BCUT2D eigenvalue weighted by Crippen LogP contribution is -2.08. The zero-order valence-electron chi connectivity index (χ0n) is 8.97. The highest BCUT2D eigenvalue weighted by Gasteiger charge is 2.26. The largest absolute Gasteiger partial charge is 0.337 e. The van der Waals surface area contributed by atoms with E-state index in [4.69, 9.17) is 0 Å². The molecule has 1 aromatic rings. The second-order valence-corrected chi connectivity index (χ2v) is 5.34. The summed E-state index contributed by atoms with van der Waals surface area (Å²) in [6.07, 6.45) is -0.399. The fourth-order valence-electron chi connectivity index (χ4n) is 1.13. The first-order valence-corrected chi connectivity index (χ1v) is 6.23. The number of benzene rings is 1. The number of rotatable bonds is 5. The van der Waals surface area contributed by atoms with Gasteiger partial charge in [0.25, 0.3) is 0 Å². The third-order valence-corrected chi connectivity index (χ3v) is 3.83. The van der Waals surface area contributed by atoms with Crippen molar-refractivity contribution in [2.24, 2.45) is 0 Å². The number of Topliss-reactive ketones (excluding diaryl/α,β-unsaturated/α-hetero) is 1. The smallest absolute Gasteiger partial charge is 0.312 e. The van der Waals surface area contributed by atoms with Gasteiger partial charge in [0.15, 0.2) is 5.78 Å². The van der Waals surface area contributed by atoms with Crippen LogP contribution in [0.5, 0.6) is 0 Å². The molecule has 0 unspecified atom stereocenters. The summed E-state index contributed by atoms with van der Waals surface area (Å²) in [6.45, 7) is 0. The van der Waals surface area contributed by atoms with Crippen LogP contribution < -0.4 is 0 Å². The lowest BCUT2D eigenvalue weighted by molar-refractivity contribution is 0.101. The van der Waals surface area contributed by atoms with Crippen LogP contribution in [0.4, 0.5) is 4.39 Å². The molecule has 1 rings (SSSR count). The van der Waals surface area contributed by atoms with E-state index in [9.17, 15) is 13.8 Å². The summed E-state index contributed by atoms with van der Waals surface area (Å²) >= 11 is 0. The molecule has 16 heavy (non-hydrogen) atoms. The van der Waals surface area contributed by atoms with E-state index in [1.54, 1.807) is 0 Å². The highest BCUT2D eigenvalue weighted by molar-refractivity contribution is 7.54. The molecule has 0 aliphatic heterocycles. The Morgan fingerprint density at radius 1 is 1.38 bits per heavy atom. The Morgan fingerprint density at radius 3 is 2.50 bits per heavy atom. The number of halogens is 1. The topological polar surface area (TPSA) is 52.6 Å². The average molecular weight is 246 g/mol. The van der Waals surface area contributed by atoms with Crippen molar-refractivity contribution in [3.63, 3.8) is 0 Å². The predicted molar refractivity (Wildman–Crippen MR) is 57.2 cm³/mol. The highest BCUT2D eigenvalue weighted by Crippen LogP contribution is 2.46. The van der Waals surface area contributed by atoms with Gasteiger partial charge in [-0.2, -0.15) is 0 Å². The molecule has 0 heterocycles. The Kier molecular flexibility index (Phi) is 4.35. The maximum absolute atomic E-state index is 12.8. The minimum atomic E-state index is -3.39. The lowest BCUT2D eigenvalue weighted by atomic mass is 10.1. The van der Waals surface area contributed by atoms with E-state index in [1.807, 2.05) is 0 Å². The summed E-state index contributed by atoms with van der Waals surface area (Å²) in [6, 6.07) is 5.16. The molecule has 0 amide bonds. The molecule has 0 radical (unpaired) electrons. The molecule has 0 aromatic heterocycles. The molecule has 0 aliphatic rings. The van der Waals surface area contributed by atoms with Crippen LogP contribution >= 0.6 is 7.60 Å². The van der Waals surface area contributed by atoms with Crippen molar-refractivity contribution in [1.82, 2.24) is 0 Å². The molecule has 88 valence electrons. The number of carbonyl (C=O) groups excluding carboxylic acids is 1. The molecule has 0 aliphatic carbocycles. The molecule has 0 saturated heterocycles. The van der Waals surface area contributed by atoms with E-state index in [1.165, 1.54) is 32.4 Å². The fourth-order valence-corrected chi connectivity index (χ4v) is 2.07. The normalized spacial score (nSPS) is 11.4. The van der Waals surface area contributed by atoms with Crippen LogP contribution in [0.3, 0.4) is 0 Å². The monoisotopic (exact) mass is 246 g/mol. The van der Waals surface area contributed by atoms with E-state index in [0.29, 0.717) is 0 Å². The van der Waals surface area contributed by atoms with Crippen LogP contribution in [0.1, 0.15) is 10.4 Å². The van der Waals surface area contributed by atoms with Crippen LogP contribution in [0, 0.1) is 5.82 Å². The lowest BCUT2D eigenvalue weighted by Gasteiger charge is -2.12. The van der Waals surface area contributed by atoms with Gasteiger partial charge in [0, 0.05) is 19.8 Å². The van der Waals surface area contributed by atoms with Gasteiger partial charge in [-0.3, -0.25) is 9.36 Å². The molecule has 0 spiro atoms. The molecule has 0 fully saturated rings. The van der Waals surface area contributed by atoms with Gasteiger partial charge in [-0.25, -0.2) is 4.39 Å². The van der Waals surface area contributed by atoms with E-state index in [-0.39, 0.29) is 5.56 Å². The molecule has 0 saturated carbocycles. The van der Waals surface area contributed by atoms with Gasteiger partial charge < -0.3 is 9.05 Å². The standard InChI is InChI=1S/C10H12FO4P/c1-14-16(13,15-2)7-10(12)8-4-3-5-9(11)6-8/h3-6H,7H2,1-2H3. The minimum Gasteiger partial charge on any atom is -0.312 e. The van der Waals surface area contributed by atoms with Gasteiger partial charge in [-0.15, -0.1) is 0 Å². The van der Waals surface area contributed by atoms with Crippen LogP contribution in [0.2, 0.25) is 0 Å². The van der Waals surface area contributed by atoms with Crippen LogP contribution in [0.15, 0.2) is 24.3 Å². The summed E-state index contributed by atoms with van der Waals surface area (Å²) in [5, 5.41) is 0. The summed E-state index contributed by atoms with van der Waals surface area (Å²) in [7, 11) is -0.995. The van der Waals surface area contributed by atoms with Crippen LogP contribution in [-0.2, 0) is 13.6 Å². The van der Waals surface area contributed by atoms with E-state index < -0.39 is 25.4 Å².